The van der Waals surface area contributed by atoms with Crippen molar-refractivity contribution in [1.29, 1.82) is 5.26 Å². The number of hydrogen-bond donors (Lipinski definition) is 1. The Labute approximate surface area is 254 Å². The molecular weight excluding hydrogens is 554 g/mol. The van der Waals surface area contributed by atoms with Crippen molar-refractivity contribution < 1.29 is 14.3 Å². The van der Waals surface area contributed by atoms with Crippen LogP contribution in [0.5, 0.6) is 0 Å². The summed E-state index contributed by atoms with van der Waals surface area (Å²) in [6.45, 7) is 2.44. The van der Waals surface area contributed by atoms with E-state index in [1.807, 2.05) is 49.4 Å². The first-order chi connectivity index (χ1) is 21.1. The van der Waals surface area contributed by atoms with Crippen molar-refractivity contribution >= 4 is 24.1 Å². The standard InChI is InChI=1S/C36H27N3O3S/c1-23-17-27(25-14-12-24(19-37)13-15-25)18-28(34(23)43-35-26(21-40)7-6-16-38-35)20-39-36(41)42-22-33-31-10-4-2-8-29(31)30-9-3-5-11-32(30)33/h2-18,21,33H,20,22H2,1H3,(H,39,41). The number of benzene rings is 4. The van der Waals surface area contributed by atoms with Gasteiger partial charge >= 0.3 is 6.09 Å². The summed E-state index contributed by atoms with van der Waals surface area (Å²) in [6.07, 6.45) is 1.94. The summed E-state index contributed by atoms with van der Waals surface area (Å²) < 4.78 is 5.78. The molecule has 6 nitrogen and oxygen atoms in total. The number of amides is 1. The highest BCUT2D eigenvalue weighted by Crippen LogP contribution is 2.44. The number of aldehydes is 1. The number of nitrogens with zero attached hydrogens (tertiary/aromatic N) is 2. The van der Waals surface area contributed by atoms with Gasteiger partial charge in [0.1, 0.15) is 11.6 Å². The second-order valence-electron chi connectivity index (χ2n) is 10.3. The Morgan fingerprint density at radius 1 is 0.953 bits per heavy atom. The predicted octanol–water partition coefficient (Wildman–Crippen LogP) is 7.93. The highest BCUT2D eigenvalue weighted by molar-refractivity contribution is 7.99. The highest BCUT2D eigenvalue weighted by Gasteiger charge is 2.29. The number of carbonyl (C=O) groups is 2. The molecule has 0 fully saturated rings. The van der Waals surface area contributed by atoms with E-state index in [2.05, 4.69) is 46.7 Å². The molecule has 0 bridgehead atoms. The first-order valence-corrected chi connectivity index (χ1v) is 14.7. The van der Waals surface area contributed by atoms with E-state index in [-0.39, 0.29) is 19.1 Å². The number of pyridine rings is 1. The lowest BCUT2D eigenvalue weighted by molar-refractivity contribution is 0.112. The van der Waals surface area contributed by atoms with E-state index in [0.29, 0.717) is 16.2 Å². The summed E-state index contributed by atoms with van der Waals surface area (Å²) in [6, 6.07) is 33.5. The van der Waals surface area contributed by atoms with Gasteiger partial charge in [-0.25, -0.2) is 9.78 Å². The number of aryl methyl sites for hydroxylation is 1. The maximum absolute atomic E-state index is 13.0. The van der Waals surface area contributed by atoms with Gasteiger partial charge in [-0.15, -0.1) is 0 Å². The van der Waals surface area contributed by atoms with Crippen molar-refractivity contribution in [3.8, 4) is 28.3 Å². The fourth-order valence-electron chi connectivity index (χ4n) is 5.52. The third-order valence-electron chi connectivity index (χ3n) is 7.59. The third-order valence-corrected chi connectivity index (χ3v) is 8.91. The molecule has 43 heavy (non-hydrogen) atoms. The quantitative estimate of drug-likeness (QED) is 0.187. The van der Waals surface area contributed by atoms with Crippen molar-refractivity contribution in [2.45, 2.75) is 29.3 Å². The summed E-state index contributed by atoms with van der Waals surface area (Å²) in [7, 11) is 0. The zero-order valence-electron chi connectivity index (χ0n) is 23.4. The number of ether oxygens (including phenoxy) is 1. The smallest absolute Gasteiger partial charge is 0.407 e. The molecule has 7 heteroatoms. The van der Waals surface area contributed by atoms with Crippen molar-refractivity contribution in [2.24, 2.45) is 0 Å². The van der Waals surface area contributed by atoms with E-state index in [1.54, 1.807) is 30.5 Å². The number of aromatic nitrogens is 1. The normalized spacial score (nSPS) is 11.7. The molecule has 1 aliphatic carbocycles. The average Bonchev–Trinajstić information content (AvgIpc) is 3.37. The number of nitriles is 1. The topological polar surface area (TPSA) is 92.1 Å². The van der Waals surface area contributed by atoms with Gasteiger partial charge in [0.25, 0.3) is 0 Å². The zero-order chi connectivity index (χ0) is 29.8. The number of alkyl carbamates (subject to hydrolysis) is 1. The maximum Gasteiger partial charge on any atom is 0.407 e. The summed E-state index contributed by atoms with van der Waals surface area (Å²) in [4.78, 5) is 30.0. The van der Waals surface area contributed by atoms with Crippen molar-refractivity contribution in [3.05, 3.63) is 137 Å². The van der Waals surface area contributed by atoms with Crippen LogP contribution in [-0.4, -0.2) is 24.0 Å². The first kappa shape index (κ1) is 28.0. The molecule has 1 heterocycles. The van der Waals surface area contributed by atoms with Gasteiger partial charge in [0.05, 0.1) is 11.6 Å². The molecule has 0 aliphatic heterocycles. The van der Waals surface area contributed by atoms with E-state index >= 15 is 0 Å². The second-order valence-corrected chi connectivity index (χ2v) is 11.3. The van der Waals surface area contributed by atoms with Gasteiger partial charge in [-0.3, -0.25) is 4.79 Å². The Bertz CT molecular complexity index is 1830. The van der Waals surface area contributed by atoms with Crippen molar-refractivity contribution in [2.75, 3.05) is 6.61 Å². The van der Waals surface area contributed by atoms with Crippen LogP contribution in [0.1, 0.15) is 44.1 Å². The molecule has 4 aromatic carbocycles. The molecule has 0 atom stereocenters. The van der Waals surface area contributed by atoms with Gasteiger partial charge in [0, 0.05) is 29.1 Å². The Morgan fingerprint density at radius 3 is 2.33 bits per heavy atom. The fourth-order valence-corrected chi connectivity index (χ4v) is 6.54. The number of hydrogen-bond acceptors (Lipinski definition) is 6. The minimum atomic E-state index is -0.509. The molecule has 1 aromatic heterocycles. The molecule has 210 valence electrons. The first-order valence-electron chi connectivity index (χ1n) is 13.9. The molecule has 0 unspecified atom stereocenters. The zero-order valence-corrected chi connectivity index (χ0v) is 24.2. The SMILES string of the molecule is Cc1cc(-c2ccc(C#N)cc2)cc(CNC(=O)OCC2c3ccccc3-c3ccccc32)c1Sc1ncccc1C=O. The van der Waals surface area contributed by atoms with Crippen LogP contribution in [0.3, 0.4) is 0 Å². The monoisotopic (exact) mass is 581 g/mol. The predicted molar refractivity (Wildman–Crippen MR) is 167 cm³/mol. The molecule has 0 saturated heterocycles. The van der Waals surface area contributed by atoms with Crippen LogP contribution in [0.4, 0.5) is 4.79 Å². The van der Waals surface area contributed by atoms with E-state index in [0.717, 1.165) is 44.6 Å². The molecule has 6 rings (SSSR count). The number of carbonyl (C=O) groups excluding carboxylic acids is 2. The Morgan fingerprint density at radius 2 is 1.65 bits per heavy atom. The lowest BCUT2D eigenvalue weighted by Crippen LogP contribution is -2.26. The largest absolute Gasteiger partial charge is 0.449 e. The number of fused-ring (bicyclic) bond motifs is 3. The van der Waals surface area contributed by atoms with Gasteiger partial charge in [-0.2, -0.15) is 5.26 Å². The molecule has 0 saturated carbocycles. The summed E-state index contributed by atoms with van der Waals surface area (Å²) in [5.41, 5.74) is 9.48. The molecular formula is C36H27N3O3S. The van der Waals surface area contributed by atoms with Gasteiger partial charge < -0.3 is 10.1 Å². The number of rotatable bonds is 8. The van der Waals surface area contributed by atoms with Crippen molar-refractivity contribution in [1.82, 2.24) is 10.3 Å². The van der Waals surface area contributed by atoms with Gasteiger partial charge in [0.2, 0.25) is 0 Å². The molecule has 1 aliphatic rings. The van der Waals surface area contributed by atoms with Gasteiger partial charge in [-0.05, 0) is 81.8 Å². The molecule has 5 aromatic rings. The van der Waals surface area contributed by atoms with E-state index in [1.165, 1.54) is 22.9 Å². The summed E-state index contributed by atoms with van der Waals surface area (Å²) >= 11 is 1.39. The Hall–Kier alpha value is -5.19. The van der Waals surface area contributed by atoms with Crippen LogP contribution >= 0.6 is 11.8 Å². The maximum atomic E-state index is 13.0. The highest BCUT2D eigenvalue weighted by atomic mass is 32.2. The number of nitrogens with one attached hydrogen (secondary N) is 1. The fraction of sp³-hybridized carbons (Fsp3) is 0.111. The van der Waals surface area contributed by atoms with Crippen LogP contribution in [0, 0.1) is 18.3 Å². The van der Waals surface area contributed by atoms with Crippen LogP contribution < -0.4 is 5.32 Å². The molecule has 1 amide bonds. The van der Waals surface area contributed by atoms with Crippen LogP contribution in [0.2, 0.25) is 0 Å². The van der Waals surface area contributed by atoms with E-state index < -0.39 is 6.09 Å². The van der Waals surface area contributed by atoms with Crippen molar-refractivity contribution in [3.63, 3.8) is 0 Å². The van der Waals surface area contributed by atoms with Gasteiger partial charge in [-0.1, -0.05) is 78.5 Å². The van der Waals surface area contributed by atoms with Crippen LogP contribution in [-0.2, 0) is 11.3 Å². The summed E-state index contributed by atoms with van der Waals surface area (Å²) in [5, 5.41) is 12.7. The lowest BCUT2D eigenvalue weighted by atomic mass is 9.98. The third kappa shape index (κ3) is 5.78. The van der Waals surface area contributed by atoms with E-state index in [9.17, 15) is 14.9 Å². The van der Waals surface area contributed by atoms with Gasteiger partial charge in [0.15, 0.2) is 6.29 Å². The van der Waals surface area contributed by atoms with E-state index in [4.69, 9.17) is 4.74 Å². The van der Waals surface area contributed by atoms with Crippen LogP contribution in [0.25, 0.3) is 22.3 Å². The van der Waals surface area contributed by atoms with Crippen LogP contribution in [0.15, 0.2) is 113 Å². The Kier molecular flexibility index (Phi) is 8.03. The molecule has 0 spiro atoms. The summed E-state index contributed by atoms with van der Waals surface area (Å²) in [5.74, 6) is -0.0304. The molecule has 1 N–H and O–H groups in total. The minimum Gasteiger partial charge on any atom is -0.449 e. The Balaban J connectivity index is 1.24. The molecule has 0 radical (unpaired) electrons. The lowest BCUT2D eigenvalue weighted by Gasteiger charge is -2.17. The average molecular weight is 582 g/mol. The second kappa shape index (κ2) is 12.4. The minimum absolute atomic E-state index is 0.0304.